The van der Waals surface area contributed by atoms with Crippen LogP contribution in [0.2, 0.25) is 0 Å². The minimum absolute atomic E-state index is 0. The van der Waals surface area contributed by atoms with E-state index < -0.39 is 0 Å². The summed E-state index contributed by atoms with van der Waals surface area (Å²) in [7, 11) is 1.47. The van der Waals surface area contributed by atoms with E-state index in [9.17, 15) is 0 Å². The first-order chi connectivity index (χ1) is 12.4. The number of ether oxygens (including phenoxy) is 1. The van der Waals surface area contributed by atoms with Crippen LogP contribution in [0.25, 0.3) is 0 Å². The van der Waals surface area contributed by atoms with Crippen molar-refractivity contribution in [3.8, 4) is 0 Å². The smallest absolute Gasteiger partial charge is 0.176 e. The molecule has 0 saturated carbocycles. The Balaban J connectivity index is -0.0000000893. The van der Waals surface area contributed by atoms with Crippen LogP contribution < -0.4 is 22.4 Å². The van der Waals surface area contributed by atoms with Crippen LogP contribution >= 0.6 is 24.8 Å². The van der Waals surface area contributed by atoms with Gasteiger partial charge in [0, 0.05) is 25.0 Å². The van der Waals surface area contributed by atoms with Crippen LogP contribution in [-0.2, 0) is 4.74 Å². The zero-order valence-electron chi connectivity index (χ0n) is 19.5. The van der Waals surface area contributed by atoms with E-state index in [-0.39, 0.29) is 30.7 Å². The molecule has 1 heterocycles. The maximum absolute atomic E-state index is 6.52. The van der Waals surface area contributed by atoms with Crippen molar-refractivity contribution >= 4 is 36.5 Å². The minimum atomic E-state index is 0. The van der Waals surface area contributed by atoms with Gasteiger partial charge >= 0.3 is 0 Å². The number of nitrogens with two attached hydrogens (primary N) is 2. The number of halogens is 2. The first-order valence-corrected chi connectivity index (χ1v) is 8.85. The van der Waals surface area contributed by atoms with E-state index >= 15 is 0 Å². The fraction of sp³-hybridized carbons (Fsp3) is 0.765. The van der Waals surface area contributed by atoms with Gasteiger partial charge in [0.25, 0.3) is 0 Å². The van der Waals surface area contributed by atoms with Crippen molar-refractivity contribution in [2.75, 3.05) is 7.11 Å². The SMILES string of the molecule is C/C(N)=N/NC(C)C.CC(C)NN.COC(C)=N.Cc1ncn(C(C)C)n1.Cl.Cl. The highest BCUT2D eigenvalue weighted by Gasteiger charge is 1.97. The van der Waals surface area contributed by atoms with Crippen molar-refractivity contribution in [1.82, 2.24) is 25.6 Å². The predicted octanol–water partition coefficient (Wildman–Crippen LogP) is 2.78. The number of rotatable bonds is 4. The number of aryl methyl sites for hydroxylation is 1. The molecule has 29 heavy (non-hydrogen) atoms. The number of hydrazine groups is 1. The monoisotopic (exact) mass is 459 g/mol. The number of aromatic nitrogens is 3. The molecule has 1 aromatic rings. The van der Waals surface area contributed by atoms with Gasteiger partial charge in [-0.25, -0.2) is 4.98 Å². The lowest BCUT2D eigenvalue weighted by Crippen LogP contribution is -2.29. The number of hydrazone groups is 1. The summed E-state index contributed by atoms with van der Waals surface area (Å²) in [5, 5.41) is 14.4. The molecule has 0 spiro atoms. The summed E-state index contributed by atoms with van der Waals surface area (Å²) in [5.41, 5.74) is 10.6. The van der Waals surface area contributed by atoms with Crippen molar-refractivity contribution < 1.29 is 4.74 Å². The molecule has 0 aromatic carbocycles. The predicted molar refractivity (Wildman–Crippen MR) is 128 cm³/mol. The Morgan fingerprint density at radius 3 is 1.66 bits per heavy atom. The van der Waals surface area contributed by atoms with Crippen LogP contribution in [0.4, 0.5) is 0 Å². The Labute approximate surface area is 188 Å². The van der Waals surface area contributed by atoms with Gasteiger partial charge in [-0.1, -0.05) is 0 Å². The molecule has 0 unspecified atom stereocenters. The molecule has 0 radical (unpaired) electrons. The third-order valence-corrected chi connectivity index (χ3v) is 2.29. The highest BCUT2D eigenvalue weighted by molar-refractivity contribution is 5.85. The third kappa shape index (κ3) is 37.8. The van der Waals surface area contributed by atoms with Crippen molar-refractivity contribution in [2.24, 2.45) is 16.7 Å². The van der Waals surface area contributed by atoms with Gasteiger partial charge in [-0.05, 0) is 55.4 Å². The number of nitrogens with one attached hydrogen (secondary N) is 3. The van der Waals surface area contributed by atoms with Gasteiger partial charge in [0.2, 0.25) is 0 Å². The minimum Gasteiger partial charge on any atom is -0.485 e. The van der Waals surface area contributed by atoms with Crippen molar-refractivity contribution in [3.05, 3.63) is 12.2 Å². The topological polar surface area (TPSA) is 152 Å². The van der Waals surface area contributed by atoms with Gasteiger partial charge in [-0.15, -0.1) is 24.8 Å². The average Bonchev–Trinajstić information content (AvgIpc) is 3.01. The Kier molecular flexibility index (Phi) is 32.0. The van der Waals surface area contributed by atoms with E-state index in [0.717, 1.165) is 5.82 Å². The second-order valence-corrected chi connectivity index (χ2v) is 6.48. The van der Waals surface area contributed by atoms with Gasteiger partial charge in [0.1, 0.15) is 18.0 Å². The molecule has 1 rings (SSSR count). The average molecular weight is 460 g/mol. The second kappa shape index (κ2) is 24.4. The second-order valence-electron chi connectivity index (χ2n) is 6.48. The van der Waals surface area contributed by atoms with Crippen LogP contribution in [0.1, 0.15) is 67.3 Å². The van der Waals surface area contributed by atoms with Crippen LogP contribution in [0, 0.1) is 12.3 Å². The normalized spacial score (nSPS) is 9.52. The Hall–Kier alpha value is -1.62. The summed E-state index contributed by atoms with van der Waals surface area (Å²) < 4.78 is 6.18. The fourth-order valence-electron chi connectivity index (χ4n) is 0.841. The lowest BCUT2D eigenvalue weighted by molar-refractivity contribution is 0.396. The van der Waals surface area contributed by atoms with Gasteiger partial charge in [0.15, 0.2) is 5.90 Å². The van der Waals surface area contributed by atoms with E-state index in [1.165, 1.54) is 7.11 Å². The number of hydrogen-bond donors (Lipinski definition) is 5. The Morgan fingerprint density at radius 2 is 1.55 bits per heavy atom. The van der Waals surface area contributed by atoms with Crippen molar-refractivity contribution in [1.29, 1.82) is 5.41 Å². The molecular formula is C17H43Cl2N9O. The van der Waals surface area contributed by atoms with Crippen LogP contribution in [0.5, 0.6) is 0 Å². The standard InChI is InChI=1S/C6H11N3.C5H13N3.C3H10N2.C3H7NO.2ClH/c1-5(2)9-4-7-6(3)8-9;1-4(2)7-8-5(3)6;1-3(2)5-4;1-3(4)5-2;;/h4-5H,1-3H3;4,7H,1-3H3,(H2,6,8);3,5H,4H2,1-2H3;4H,1-2H3;2*1H. The van der Waals surface area contributed by atoms with Gasteiger partial charge in [-0.2, -0.15) is 10.2 Å². The summed E-state index contributed by atoms with van der Waals surface area (Å²) in [6, 6.07) is 1.20. The van der Waals surface area contributed by atoms with E-state index in [1.807, 2.05) is 39.3 Å². The number of hydrogen-bond acceptors (Lipinski definition) is 8. The van der Waals surface area contributed by atoms with Gasteiger partial charge < -0.3 is 15.9 Å². The number of nitrogens with zero attached hydrogens (tertiary/aromatic N) is 4. The first-order valence-electron chi connectivity index (χ1n) is 8.85. The summed E-state index contributed by atoms with van der Waals surface area (Å²) in [5.74, 6) is 6.58. The largest absolute Gasteiger partial charge is 0.485 e. The fourth-order valence-corrected chi connectivity index (χ4v) is 0.841. The molecule has 10 nitrogen and oxygen atoms in total. The molecule has 7 N–H and O–H groups in total. The number of methoxy groups -OCH3 is 1. The van der Waals surface area contributed by atoms with Gasteiger partial charge in [0.05, 0.1) is 7.11 Å². The highest BCUT2D eigenvalue weighted by atomic mass is 35.5. The molecule has 0 aliphatic carbocycles. The molecule has 0 aliphatic rings. The maximum atomic E-state index is 6.52. The molecule has 12 heteroatoms. The van der Waals surface area contributed by atoms with E-state index in [4.69, 9.17) is 17.0 Å². The van der Waals surface area contributed by atoms with Gasteiger partial charge in [-0.3, -0.25) is 21.4 Å². The lowest BCUT2D eigenvalue weighted by Gasteiger charge is -2.01. The molecule has 0 atom stereocenters. The van der Waals surface area contributed by atoms with Crippen LogP contribution in [0.3, 0.4) is 0 Å². The first kappa shape index (κ1) is 38.0. The van der Waals surface area contributed by atoms with Crippen molar-refractivity contribution in [3.63, 3.8) is 0 Å². The maximum Gasteiger partial charge on any atom is 0.176 e. The quantitative estimate of drug-likeness (QED) is 0.200. The molecule has 0 fully saturated rings. The highest BCUT2D eigenvalue weighted by Crippen LogP contribution is 1.99. The third-order valence-electron chi connectivity index (χ3n) is 2.29. The van der Waals surface area contributed by atoms with Crippen LogP contribution in [-0.4, -0.2) is 45.7 Å². The summed E-state index contributed by atoms with van der Waals surface area (Å²) in [6.07, 6.45) is 1.75. The zero-order chi connectivity index (χ0) is 22.0. The van der Waals surface area contributed by atoms with Crippen molar-refractivity contribution in [2.45, 2.75) is 80.4 Å². The lowest BCUT2D eigenvalue weighted by atomic mass is 10.4. The van der Waals surface area contributed by atoms with Crippen LogP contribution in [0.15, 0.2) is 11.4 Å². The summed E-state index contributed by atoms with van der Waals surface area (Å²) in [4.78, 5) is 3.99. The zero-order valence-corrected chi connectivity index (χ0v) is 21.1. The molecular weight excluding hydrogens is 417 g/mol. The van der Waals surface area contributed by atoms with E-state index in [0.29, 0.717) is 24.0 Å². The molecule has 0 amide bonds. The summed E-state index contributed by atoms with van der Waals surface area (Å²) >= 11 is 0. The molecule has 0 saturated heterocycles. The molecule has 1 aromatic heterocycles. The Bertz CT molecular complexity index is 503. The molecule has 176 valence electrons. The molecule has 0 bridgehead atoms. The Morgan fingerprint density at radius 1 is 1.14 bits per heavy atom. The summed E-state index contributed by atoms with van der Waals surface area (Å²) in [6.45, 7) is 17.4. The molecule has 0 aliphatic heterocycles. The van der Waals surface area contributed by atoms with E-state index in [2.05, 4.69) is 44.6 Å². The number of amidine groups is 1. The van der Waals surface area contributed by atoms with E-state index in [1.54, 1.807) is 20.2 Å².